The molecule has 0 atom stereocenters. The van der Waals surface area contributed by atoms with Crippen LogP contribution in [0.15, 0.2) is 79.9 Å². The summed E-state index contributed by atoms with van der Waals surface area (Å²) in [5.74, 6) is -1.84. The lowest BCUT2D eigenvalue weighted by Gasteiger charge is -2.11. The number of benzene rings is 3. The first-order chi connectivity index (χ1) is 19.2. The lowest BCUT2D eigenvalue weighted by Crippen LogP contribution is -2.11. The largest absolute Gasteiger partial charge is 0.427 e. The van der Waals surface area contributed by atoms with Crippen molar-refractivity contribution in [2.24, 2.45) is 0 Å². The van der Waals surface area contributed by atoms with E-state index in [1.165, 1.54) is 24.3 Å². The predicted molar refractivity (Wildman–Crippen MR) is 145 cm³/mol. The molecule has 0 fully saturated rings. The Hall–Kier alpha value is -5.38. The molecule has 0 radical (unpaired) electrons. The van der Waals surface area contributed by atoms with E-state index in [1.807, 2.05) is 0 Å². The van der Waals surface area contributed by atoms with E-state index in [0.717, 1.165) is 12.2 Å². The molecule has 0 bridgehead atoms. The van der Waals surface area contributed by atoms with Gasteiger partial charge < -0.3 is 19.5 Å². The van der Waals surface area contributed by atoms with Gasteiger partial charge in [-0.2, -0.15) is 0 Å². The van der Waals surface area contributed by atoms with Gasteiger partial charge in [-0.1, -0.05) is 25.3 Å². The van der Waals surface area contributed by atoms with Gasteiger partial charge >= 0.3 is 11.9 Å². The molecule has 0 heterocycles. The summed E-state index contributed by atoms with van der Waals surface area (Å²) in [5.41, 5.74) is 0.339. The van der Waals surface area contributed by atoms with Gasteiger partial charge in [0.05, 0.1) is 17.7 Å². The summed E-state index contributed by atoms with van der Waals surface area (Å²) in [5, 5.41) is 3.82. The minimum atomic E-state index is -0.679. The van der Waals surface area contributed by atoms with Gasteiger partial charge in [0.15, 0.2) is 11.5 Å². The average molecular weight is 544 g/mol. The van der Waals surface area contributed by atoms with Crippen LogP contribution in [0.3, 0.4) is 0 Å². The van der Waals surface area contributed by atoms with Crippen LogP contribution in [0.5, 0.6) is 17.2 Å². The number of esters is 2. The zero-order valence-corrected chi connectivity index (χ0v) is 21.3. The van der Waals surface area contributed by atoms with Crippen LogP contribution in [0.4, 0.5) is 5.69 Å². The van der Waals surface area contributed by atoms with Crippen LogP contribution in [-0.2, 0) is 24.0 Å². The highest BCUT2D eigenvalue weighted by Crippen LogP contribution is 2.30. The Morgan fingerprint density at radius 1 is 0.750 bits per heavy atom. The summed E-state index contributed by atoms with van der Waals surface area (Å²) >= 11 is 0. The van der Waals surface area contributed by atoms with Crippen LogP contribution >= 0.6 is 0 Å². The monoisotopic (exact) mass is 543 g/mol. The van der Waals surface area contributed by atoms with E-state index in [1.54, 1.807) is 30.3 Å². The molecule has 10 heteroatoms. The van der Waals surface area contributed by atoms with Gasteiger partial charge in [0, 0.05) is 25.3 Å². The zero-order chi connectivity index (χ0) is 29.1. The third-order valence-corrected chi connectivity index (χ3v) is 5.54. The summed E-state index contributed by atoms with van der Waals surface area (Å²) in [6.45, 7) is 6.90. The maximum absolute atomic E-state index is 12.8. The molecule has 0 unspecified atom stereocenters. The average Bonchev–Trinajstić information content (AvgIpc) is 2.95. The van der Waals surface area contributed by atoms with Crippen LogP contribution in [-0.4, -0.2) is 35.9 Å². The number of ketones is 2. The Balaban J connectivity index is 1.64. The summed E-state index contributed by atoms with van der Waals surface area (Å²) in [6.07, 6.45) is 2.15. The number of amides is 1. The van der Waals surface area contributed by atoms with Gasteiger partial charge in [-0.3, -0.25) is 24.0 Å². The molecule has 1 amide bonds. The second-order valence-corrected chi connectivity index (χ2v) is 8.36. The molecular formula is C30H25NO9. The molecule has 0 saturated carbocycles. The predicted octanol–water partition coefficient (Wildman–Crippen LogP) is 4.51. The molecular weight excluding hydrogens is 518 g/mol. The number of rotatable bonds is 14. The molecule has 204 valence electrons. The number of hydrogen-bond acceptors (Lipinski definition) is 9. The molecule has 0 aliphatic heterocycles. The lowest BCUT2D eigenvalue weighted by molar-refractivity contribution is -0.136. The van der Waals surface area contributed by atoms with Crippen LogP contribution < -0.4 is 19.5 Å². The molecule has 10 nitrogen and oxygen atoms in total. The van der Waals surface area contributed by atoms with Crippen LogP contribution in [0, 0.1) is 0 Å². The SMILES string of the molecule is C=CC(=O)CCC(=O)CCC(=O)Oc1ccc2cc(C(=O)Oc3ccc(OC=O)c(NC(=O)C=C)c3)ccc2c1. The Bertz CT molecular complexity index is 1510. The van der Waals surface area contributed by atoms with Crippen molar-refractivity contribution in [2.45, 2.75) is 25.7 Å². The second kappa shape index (κ2) is 14.0. The van der Waals surface area contributed by atoms with Crippen LogP contribution in [0.25, 0.3) is 10.8 Å². The number of carbonyl (C=O) groups is 6. The zero-order valence-electron chi connectivity index (χ0n) is 21.3. The van der Waals surface area contributed by atoms with Gasteiger partial charge in [-0.25, -0.2) is 4.79 Å². The van der Waals surface area contributed by atoms with E-state index in [4.69, 9.17) is 14.2 Å². The minimum absolute atomic E-state index is 0.0305. The third kappa shape index (κ3) is 8.32. The third-order valence-electron chi connectivity index (χ3n) is 5.54. The first-order valence-corrected chi connectivity index (χ1v) is 12.0. The maximum Gasteiger partial charge on any atom is 0.343 e. The first kappa shape index (κ1) is 29.2. The topological polar surface area (TPSA) is 142 Å². The van der Waals surface area contributed by atoms with Crippen molar-refractivity contribution in [1.29, 1.82) is 0 Å². The van der Waals surface area contributed by atoms with Crippen molar-refractivity contribution in [3.63, 3.8) is 0 Å². The Labute approximate surface area is 229 Å². The number of allylic oxidation sites excluding steroid dienone is 1. The maximum atomic E-state index is 12.8. The first-order valence-electron chi connectivity index (χ1n) is 12.0. The van der Waals surface area contributed by atoms with Gasteiger partial charge in [0.2, 0.25) is 5.91 Å². The molecule has 0 spiro atoms. The van der Waals surface area contributed by atoms with Gasteiger partial charge in [-0.15, -0.1) is 0 Å². The van der Waals surface area contributed by atoms with Crippen molar-refractivity contribution in [3.05, 3.63) is 85.5 Å². The minimum Gasteiger partial charge on any atom is -0.427 e. The highest BCUT2D eigenvalue weighted by atomic mass is 16.5. The molecule has 0 aliphatic rings. The van der Waals surface area contributed by atoms with Crippen molar-refractivity contribution in [3.8, 4) is 17.2 Å². The van der Waals surface area contributed by atoms with Gasteiger partial charge in [0.25, 0.3) is 6.47 Å². The highest BCUT2D eigenvalue weighted by molar-refractivity contribution is 6.01. The highest BCUT2D eigenvalue weighted by Gasteiger charge is 2.15. The van der Waals surface area contributed by atoms with Crippen molar-refractivity contribution >= 4 is 52.3 Å². The van der Waals surface area contributed by atoms with E-state index < -0.39 is 17.8 Å². The molecule has 1 N–H and O–H groups in total. The molecule has 0 aromatic heterocycles. The summed E-state index contributed by atoms with van der Waals surface area (Å²) in [6, 6.07) is 13.7. The lowest BCUT2D eigenvalue weighted by atomic mass is 10.1. The van der Waals surface area contributed by atoms with Gasteiger partial charge in [-0.05, 0) is 59.3 Å². The van der Waals surface area contributed by atoms with Crippen molar-refractivity contribution < 1.29 is 43.0 Å². The van der Waals surface area contributed by atoms with E-state index in [2.05, 4.69) is 18.5 Å². The van der Waals surface area contributed by atoms with E-state index in [-0.39, 0.29) is 72.2 Å². The van der Waals surface area contributed by atoms with Crippen molar-refractivity contribution in [2.75, 3.05) is 5.32 Å². The molecule has 3 aromatic carbocycles. The molecule has 40 heavy (non-hydrogen) atoms. The number of nitrogens with one attached hydrogen (secondary N) is 1. The molecule has 0 aliphatic carbocycles. The standard InChI is InChI=1S/C30H25NO9/c1-3-22(33)8-9-23(34)10-14-29(36)39-24-11-7-19-15-21(6-5-20(19)16-24)30(37)40-25-12-13-27(38-18-32)26(17-25)31-28(35)4-2/h3-7,11-13,15-18H,1-2,8-10,14H2,(H,31,35). The smallest absolute Gasteiger partial charge is 0.343 e. The summed E-state index contributed by atoms with van der Waals surface area (Å²) in [7, 11) is 0. The van der Waals surface area contributed by atoms with Crippen LogP contribution in [0.1, 0.15) is 36.0 Å². The van der Waals surface area contributed by atoms with E-state index in [0.29, 0.717) is 10.8 Å². The number of anilines is 1. The Morgan fingerprint density at radius 3 is 2.15 bits per heavy atom. The second-order valence-electron chi connectivity index (χ2n) is 8.36. The fraction of sp³-hybridized carbons (Fsp3) is 0.133. The molecule has 0 saturated heterocycles. The normalized spacial score (nSPS) is 10.2. The molecule has 3 aromatic rings. The number of carbonyl (C=O) groups excluding carboxylic acids is 6. The van der Waals surface area contributed by atoms with E-state index >= 15 is 0 Å². The fourth-order valence-corrected chi connectivity index (χ4v) is 3.50. The van der Waals surface area contributed by atoms with Crippen molar-refractivity contribution in [1.82, 2.24) is 0 Å². The fourth-order valence-electron chi connectivity index (χ4n) is 3.50. The number of ether oxygens (including phenoxy) is 3. The molecule has 3 rings (SSSR count). The number of hydrogen-bond donors (Lipinski definition) is 1. The Kier molecular flexibility index (Phi) is 10.2. The summed E-state index contributed by atoms with van der Waals surface area (Å²) in [4.78, 5) is 70.4. The van der Waals surface area contributed by atoms with Crippen LogP contribution in [0.2, 0.25) is 0 Å². The number of Topliss-reactive ketones (excluding diaryl/α,β-unsaturated/α-hetero) is 1. The van der Waals surface area contributed by atoms with Gasteiger partial charge in [0.1, 0.15) is 17.3 Å². The summed E-state index contributed by atoms with van der Waals surface area (Å²) < 4.78 is 15.6. The quantitative estimate of drug-likeness (QED) is 0.134. The Morgan fingerprint density at radius 2 is 1.43 bits per heavy atom. The number of fused-ring (bicyclic) bond motifs is 1. The van der Waals surface area contributed by atoms with E-state index in [9.17, 15) is 28.8 Å².